The molecule has 26 heavy (non-hydrogen) atoms. The minimum Gasteiger partial charge on any atom is -0.394 e. The van der Waals surface area contributed by atoms with Crippen molar-refractivity contribution >= 4 is 0 Å². The minimum absolute atomic E-state index is 0.244. The van der Waals surface area contributed by atoms with E-state index in [0.29, 0.717) is 0 Å². The van der Waals surface area contributed by atoms with E-state index in [-0.39, 0.29) is 13.2 Å². The maximum Gasteiger partial charge on any atom is 0.184 e. The van der Waals surface area contributed by atoms with Gasteiger partial charge < -0.3 is 29.5 Å². The van der Waals surface area contributed by atoms with Gasteiger partial charge in [-0.1, -0.05) is 60.7 Å². The fourth-order valence-electron chi connectivity index (χ4n) is 2.96. The summed E-state index contributed by atoms with van der Waals surface area (Å²) in [5, 5.41) is 30.2. The van der Waals surface area contributed by atoms with Gasteiger partial charge in [-0.15, -0.1) is 0 Å². The topological polar surface area (TPSA) is 88.4 Å². The summed E-state index contributed by atoms with van der Waals surface area (Å²) in [5.41, 5.74) is 1.86. The molecule has 0 spiro atoms. The van der Waals surface area contributed by atoms with Crippen molar-refractivity contribution in [1.82, 2.24) is 0 Å². The summed E-state index contributed by atoms with van der Waals surface area (Å²) in [6.07, 6.45) is -5.06. The highest BCUT2D eigenvalue weighted by Crippen LogP contribution is 2.26. The van der Waals surface area contributed by atoms with Crippen LogP contribution in [-0.4, -0.2) is 52.6 Å². The average molecular weight is 360 g/mol. The van der Waals surface area contributed by atoms with Gasteiger partial charge in [0.1, 0.15) is 24.4 Å². The maximum absolute atomic E-state index is 10.5. The van der Waals surface area contributed by atoms with E-state index in [1.807, 2.05) is 60.7 Å². The number of hydrogen-bond acceptors (Lipinski definition) is 6. The highest BCUT2D eigenvalue weighted by atomic mass is 16.7. The second-order valence-electron chi connectivity index (χ2n) is 6.26. The van der Waals surface area contributed by atoms with Crippen LogP contribution in [0.15, 0.2) is 60.7 Å². The molecule has 6 heteroatoms. The lowest BCUT2D eigenvalue weighted by molar-refractivity contribution is -0.307. The molecule has 2 aromatic carbocycles. The minimum atomic E-state index is -1.31. The molecule has 3 N–H and O–H groups in total. The highest BCUT2D eigenvalue weighted by Gasteiger charge is 2.46. The van der Waals surface area contributed by atoms with Gasteiger partial charge in [0.25, 0.3) is 0 Å². The Balaban J connectivity index is 1.69. The second kappa shape index (κ2) is 9.23. The van der Waals surface area contributed by atoms with Crippen molar-refractivity contribution in [2.24, 2.45) is 0 Å². The lowest BCUT2D eigenvalue weighted by Gasteiger charge is -2.42. The van der Waals surface area contributed by atoms with Crippen LogP contribution in [0.2, 0.25) is 0 Å². The molecule has 0 amide bonds. The Morgan fingerprint density at radius 1 is 0.769 bits per heavy atom. The molecule has 140 valence electrons. The third-order valence-corrected chi connectivity index (χ3v) is 4.39. The fourth-order valence-corrected chi connectivity index (χ4v) is 2.96. The van der Waals surface area contributed by atoms with Crippen molar-refractivity contribution in [3.05, 3.63) is 71.8 Å². The molecular weight excluding hydrogens is 336 g/mol. The first-order chi connectivity index (χ1) is 12.7. The predicted octanol–water partition coefficient (Wildman–Crippen LogP) is 1.23. The normalized spacial score (nSPS) is 28.8. The molecule has 1 aliphatic rings. The Hall–Kier alpha value is -1.80. The van der Waals surface area contributed by atoms with Crippen LogP contribution in [0.3, 0.4) is 0 Å². The van der Waals surface area contributed by atoms with E-state index < -0.39 is 37.3 Å². The monoisotopic (exact) mass is 360 g/mol. The summed E-state index contributed by atoms with van der Waals surface area (Å²) in [4.78, 5) is 0. The predicted molar refractivity (Wildman–Crippen MR) is 94.0 cm³/mol. The van der Waals surface area contributed by atoms with Crippen molar-refractivity contribution in [2.75, 3.05) is 6.61 Å². The van der Waals surface area contributed by atoms with Crippen molar-refractivity contribution in [2.45, 2.75) is 43.9 Å². The third kappa shape index (κ3) is 4.67. The van der Waals surface area contributed by atoms with Crippen LogP contribution >= 0.6 is 0 Å². The molecule has 0 aliphatic carbocycles. The van der Waals surface area contributed by atoms with E-state index in [4.69, 9.17) is 14.2 Å². The van der Waals surface area contributed by atoms with Crippen LogP contribution in [-0.2, 0) is 27.4 Å². The van der Waals surface area contributed by atoms with Gasteiger partial charge in [0.05, 0.1) is 19.8 Å². The molecule has 0 saturated carbocycles. The molecule has 0 bridgehead atoms. The quantitative estimate of drug-likeness (QED) is 0.688. The zero-order chi connectivity index (χ0) is 18.4. The van der Waals surface area contributed by atoms with E-state index in [0.717, 1.165) is 11.1 Å². The first-order valence-corrected chi connectivity index (χ1v) is 8.62. The van der Waals surface area contributed by atoms with Crippen LogP contribution in [0.5, 0.6) is 0 Å². The Morgan fingerprint density at radius 3 is 1.77 bits per heavy atom. The smallest absolute Gasteiger partial charge is 0.184 e. The fraction of sp³-hybridized carbons (Fsp3) is 0.400. The van der Waals surface area contributed by atoms with Crippen LogP contribution in [0.25, 0.3) is 0 Å². The summed E-state index contributed by atoms with van der Waals surface area (Å²) in [6.45, 7) is 0.0705. The molecule has 0 aromatic heterocycles. The standard InChI is InChI=1S/C20H24O6/c21-11-16-17(22)18(24-12-14-7-3-1-4-8-14)19(20(23)26-16)25-13-15-9-5-2-6-10-15/h1-10,16-23H,11-13H2/t16-,17+,18+,19+,20-/m1/s1. The lowest BCUT2D eigenvalue weighted by Crippen LogP contribution is -2.60. The van der Waals surface area contributed by atoms with Gasteiger partial charge in [-0.25, -0.2) is 0 Å². The van der Waals surface area contributed by atoms with Crippen molar-refractivity contribution in [1.29, 1.82) is 0 Å². The molecule has 1 heterocycles. The van der Waals surface area contributed by atoms with Gasteiger partial charge in [0, 0.05) is 0 Å². The number of rotatable bonds is 7. The first kappa shape index (κ1) is 19.0. The number of benzene rings is 2. The van der Waals surface area contributed by atoms with Crippen LogP contribution in [0, 0.1) is 0 Å². The summed E-state index contributed by atoms with van der Waals surface area (Å²) in [6, 6.07) is 19.0. The zero-order valence-corrected chi connectivity index (χ0v) is 14.3. The van der Waals surface area contributed by atoms with E-state index in [1.54, 1.807) is 0 Å². The van der Waals surface area contributed by atoms with E-state index in [9.17, 15) is 15.3 Å². The second-order valence-corrected chi connectivity index (χ2v) is 6.26. The van der Waals surface area contributed by atoms with Gasteiger partial charge in [-0.2, -0.15) is 0 Å². The summed E-state index contributed by atoms with van der Waals surface area (Å²) >= 11 is 0. The molecule has 0 unspecified atom stereocenters. The lowest BCUT2D eigenvalue weighted by atomic mass is 9.98. The molecule has 1 aliphatic heterocycles. The van der Waals surface area contributed by atoms with Crippen LogP contribution < -0.4 is 0 Å². The molecule has 5 atom stereocenters. The van der Waals surface area contributed by atoms with Crippen LogP contribution in [0.1, 0.15) is 11.1 Å². The number of ether oxygens (including phenoxy) is 3. The van der Waals surface area contributed by atoms with Gasteiger partial charge in [0.15, 0.2) is 6.29 Å². The zero-order valence-electron chi connectivity index (χ0n) is 14.3. The molecule has 3 rings (SSSR count). The van der Waals surface area contributed by atoms with E-state index in [1.165, 1.54) is 0 Å². The Morgan fingerprint density at radius 2 is 1.27 bits per heavy atom. The number of aliphatic hydroxyl groups excluding tert-OH is 3. The molecule has 2 aromatic rings. The summed E-state index contributed by atoms with van der Waals surface area (Å²) in [5.74, 6) is 0. The van der Waals surface area contributed by atoms with Gasteiger partial charge in [-0.05, 0) is 11.1 Å². The van der Waals surface area contributed by atoms with E-state index in [2.05, 4.69) is 0 Å². The molecule has 1 saturated heterocycles. The Bertz CT molecular complexity index is 650. The van der Waals surface area contributed by atoms with Gasteiger partial charge >= 0.3 is 0 Å². The molecule has 1 fully saturated rings. The van der Waals surface area contributed by atoms with Crippen molar-refractivity contribution in [3.63, 3.8) is 0 Å². The molecule has 0 radical (unpaired) electrons. The highest BCUT2D eigenvalue weighted by molar-refractivity contribution is 5.14. The van der Waals surface area contributed by atoms with E-state index >= 15 is 0 Å². The SMILES string of the molecule is OC[C@H]1O[C@@H](O)[C@@H](OCc2ccccc2)[C@@H](OCc2ccccc2)[C@H]1O. The first-order valence-electron chi connectivity index (χ1n) is 8.62. The Kier molecular flexibility index (Phi) is 6.73. The molecular formula is C20H24O6. The Labute approximate surface area is 152 Å². The van der Waals surface area contributed by atoms with Crippen molar-refractivity contribution < 1.29 is 29.5 Å². The molecule has 6 nitrogen and oxygen atoms in total. The van der Waals surface area contributed by atoms with Gasteiger partial charge in [-0.3, -0.25) is 0 Å². The summed E-state index contributed by atoms with van der Waals surface area (Å²) < 4.78 is 16.9. The maximum atomic E-state index is 10.5. The summed E-state index contributed by atoms with van der Waals surface area (Å²) in [7, 11) is 0. The average Bonchev–Trinajstić information content (AvgIpc) is 2.69. The number of aliphatic hydroxyl groups is 3. The number of hydrogen-bond donors (Lipinski definition) is 3. The third-order valence-electron chi connectivity index (χ3n) is 4.39. The largest absolute Gasteiger partial charge is 0.394 e. The van der Waals surface area contributed by atoms with Gasteiger partial charge in [0.2, 0.25) is 0 Å². The van der Waals surface area contributed by atoms with Crippen LogP contribution in [0.4, 0.5) is 0 Å². The van der Waals surface area contributed by atoms with Crippen molar-refractivity contribution in [3.8, 4) is 0 Å².